The Hall–Kier alpha value is -0.570. The second-order valence-corrected chi connectivity index (χ2v) is 6.56. The number of carbonyl (C=O) groups excluding carboxylic acids is 1. The molecule has 1 N–H and O–H groups in total. The molecular formula is C15H28N2O. The van der Waals surface area contributed by atoms with Crippen LogP contribution < -0.4 is 5.32 Å². The lowest BCUT2D eigenvalue weighted by atomic mass is 9.80. The van der Waals surface area contributed by atoms with Crippen LogP contribution in [0.25, 0.3) is 0 Å². The molecule has 0 radical (unpaired) electrons. The molecule has 1 heterocycles. The number of hydrogen-bond acceptors (Lipinski definition) is 2. The van der Waals surface area contributed by atoms with Crippen LogP contribution in [0.2, 0.25) is 0 Å². The van der Waals surface area contributed by atoms with E-state index in [1.54, 1.807) is 6.92 Å². The third-order valence-corrected chi connectivity index (χ3v) is 4.59. The number of rotatable bonds is 2. The van der Waals surface area contributed by atoms with E-state index in [9.17, 15) is 4.79 Å². The van der Waals surface area contributed by atoms with Crippen LogP contribution >= 0.6 is 0 Å². The molecule has 1 amide bonds. The van der Waals surface area contributed by atoms with Gasteiger partial charge < -0.3 is 10.2 Å². The molecule has 104 valence electrons. The zero-order chi connectivity index (χ0) is 13.1. The average Bonchev–Trinajstić information content (AvgIpc) is 2.28. The van der Waals surface area contributed by atoms with E-state index in [0.717, 1.165) is 37.8 Å². The quantitative estimate of drug-likeness (QED) is 0.818. The van der Waals surface area contributed by atoms with Gasteiger partial charge in [-0.25, -0.2) is 0 Å². The molecule has 2 atom stereocenters. The molecule has 0 aromatic rings. The predicted octanol–water partition coefficient (Wildman–Crippen LogP) is 2.41. The van der Waals surface area contributed by atoms with Crippen LogP contribution in [0, 0.1) is 11.8 Å². The van der Waals surface area contributed by atoms with E-state index in [0.29, 0.717) is 12.1 Å². The summed E-state index contributed by atoms with van der Waals surface area (Å²) in [6.45, 7) is 8.30. The van der Waals surface area contributed by atoms with Gasteiger partial charge in [0.15, 0.2) is 0 Å². The third kappa shape index (κ3) is 3.71. The van der Waals surface area contributed by atoms with Gasteiger partial charge in [-0.15, -0.1) is 0 Å². The second-order valence-electron chi connectivity index (χ2n) is 6.56. The number of hydrogen-bond donors (Lipinski definition) is 1. The highest BCUT2D eigenvalue weighted by Crippen LogP contribution is 2.29. The monoisotopic (exact) mass is 252 g/mol. The zero-order valence-electron chi connectivity index (χ0n) is 12.1. The van der Waals surface area contributed by atoms with Crippen LogP contribution in [0.4, 0.5) is 0 Å². The molecule has 1 aliphatic heterocycles. The van der Waals surface area contributed by atoms with Crippen molar-refractivity contribution in [2.75, 3.05) is 13.1 Å². The molecule has 1 saturated carbocycles. The summed E-state index contributed by atoms with van der Waals surface area (Å²) in [6, 6.07) is 1.33. The van der Waals surface area contributed by atoms with Gasteiger partial charge >= 0.3 is 0 Å². The number of nitrogens with one attached hydrogen (secondary N) is 1. The van der Waals surface area contributed by atoms with Crippen molar-refractivity contribution in [1.29, 1.82) is 0 Å². The minimum Gasteiger partial charge on any atom is -0.343 e. The fourth-order valence-corrected chi connectivity index (χ4v) is 3.78. The van der Waals surface area contributed by atoms with Gasteiger partial charge in [-0.2, -0.15) is 0 Å². The maximum atomic E-state index is 11.3. The van der Waals surface area contributed by atoms with E-state index in [2.05, 4.69) is 19.2 Å². The molecule has 1 aliphatic carbocycles. The highest BCUT2D eigenvalue weighted by atomic mass is 16.2. The summed E-state index contributed by atoms with van der Waals surface area (Å²) in [6.07, 6.45) is 6.30. The fourth-order valence-electron chi connectivity index (χ4n) is 3.78. The Morgan fingerprint density at radius 3 is 2.06 bits per heavy atom. The van der Waals surface area contributed by atoms with Crippen molar-refractivity contribution in [2.45, 2.75) is 65.0 Å². The summed E-state index contributed by atoms with van der Waals surface area (Å²) >= 11 is 0. The Morgan fingerprint density at radius 1 is 1.00 bits per heavy atom. The molecule has 0 aromatic carbocycles. The van der Waals surface area contributed by atoms with Crippen molar-refractivity contribution >= 4 is 5.91 Å². The van der Waals surface area contributed by atoms with E-state index in [1.807, 2.05) is 4.90 Å². The summed E-state index contributed by atoms with van der Waals surface area (Å²) in [5.41, 5.74) is 0. The van der Waals surface area contributed by atoms with Crippen molar-refractivity contribution in [3.05, 3.63) is 0 Å². The first-order valence-electron chi connectivity index (χ1n) is 7.56. The van der Waals surface area contributed by atoms with Crippen molar-refractivity contribution in [2.24, 2.45) is 11.8 Å². The molecule has 0 aromatic heterocycles. The Labute approximate surface area is 111 Å². The van der Waals surface area contributed by atoms with Gasteiger partial charge in [0.2, 0.25) is 5.91 Å². The molecule has 2 rings (SSSR count). The zero-order valence-corrected chi connectivity index (χ0v) is 12.1. The molecule has 18 heavy (non-hydrogen) atoms. The van der Waals surface area contributed by atoms with Crippen molar-refractivity contribution in [3.8, 4) is 0 Å². The lowest BCUT2D eigenvalue weighted by molar-refractivity contribution is -0.129. The summed E-state index contributed by atoms with van der Waals surface area (Å²) in [4.78, 5) is 13.3. The average molecular weight is 252 g/mol. The van der Waals surface area contributed by atoms with E-state index >= 15 is 0 Å². The topological polar surface area (TPSA) is 32.3 Å². The van der Waals surface area contributed by atoms with E-state index in [1.165, 1.54) is 19.3 Å². The number of carbonyl (C=O) groups is 1. The van der Waals surface area contributed by atoms with Gasteiger partial charge in [0, 0.05) is 32.1 Å². The Morgan fingerprint density at radius 2 is 1.56 bits per heavy atom. The Kier molecular flexibility index (Phi) is 4.66. The molecule has 3 heteroatoms. The standard InChI is InChI=1S/C15H28N2O/c1-11-8-12(2)10-15(9-11)16-14-4-6-17(7-5-14)13(3)18/h11-12,14-16H,4-10H2,1-3H3. The minimum absolute atomic E-state index is 0.230. The van der Waals surface area contributed by atoms with Crippen LogP contribution in [-0.2, 0) is 4.79 Å². The molecule has 3 nitrogen and oxygen atoms in total. The Bertz CT molecular complexity index is 274. The van der Waals surface area contributed by atoms with E-state index in [4.69, 9.17) is 0 Å². The Balaban J connectivity index is 1.75. The first-order chi connectivity index (χ1) is 8.54. The van der Waals surface area contributed by atoms with Gasteiger partial charge in [0.1, 0.15) is 0 Å². The van der Waals surface area contributed by atoms with Crippen LogP contribution in [0.3, 0.4) is 0 Å². The maximum absolute atomic E-state index is 11.3. The summed E-state index contributed by atoms with van der Waals surface area (Å²) in [5, 5.41) is 3.84. The predicted molar refractivity (Wildman–Crippen MR) is 74.4 cm³/mol. The van der Waals surface area contributed by atoms with Crippen LogP contribution in [0.1, 0.15) is 52.9 Å². The molecule has 2 unspecified atom stereocenters. The van der Waals surface area contributed by atoms with Crippen LogP contribution in [-0.4, -0.2) is 36.0 Å². The molecular weight excluding hydrogens is 224 g/mol. The maximum Gasteiger partial charge on any atom is 0.219 e. The smallest absolute Gasteiger partial charge is 0.219 e. The number of nitrogens with zero attached hydrogens (tertiary/aromatic N) is 1. The van der Waals surface area contributed by atoms with Gasteiger partial charge in [0.25, 0.3) is 0 Å². The number of piperidine rings is 1. The minimum atomic E-state index is 0.230. The molecule has 0 spiro atoms. The fraction of sp³-hybridized carbons (Fsp3) is 0.933. The number of amides is 1. The van der Waals surface area contributed by atoms with E-state index < -0.39 is 0 Å². The summed E-state index contributed by atoms with van der Waals surface area (Å²) in [7, 11) is 0. The van der Waals surface area contributed by atoms with Gasteiger partial charge in [0.05, 0.1) is 0 Å². The largest absolute Gasteiger partial charge is 0.343 e. The third-order valence-electron chi connectivity index (χ3n) is 4.59. The molecule has 2 fully saturated rings. The van der Waals surface area contributed by atoms with Crippen molar-refractivity contribution in [3.63, 3.8) is 0 Å². The van der Waals surface area contributed by atoms with Gasteiger partial charge in [-0.3, -0.25) is 4.79 Å². The summed E-state index contributed by atoms with van der Waals surface area (Å²) in [5.74, 6) is 1.96. The molecule has 0 bridgehead atoms. The lowest BCUT2D eigenvalue weighted by Crippen LogP contribution is -2.48. The van der Waals surface area contributed by atoms with Crippen LogP contribution in [0.15, 0.2) is 0 Å². The van der Waals surface area contributed by atoms with Gasteiger partial charge in [-0.05, 0) is 43.9 Å². The van der Waals surface area contributed by atoms with E-state index in [-0.39, 0.29) is 5.91 Å². The van der Waals surface area contributed by atoms with Crippen molar-refractivity contribution in [1.82, 2.24) is 10.2 Å². The second kappa shape index (κ2) is 6.05. The highest BCUT2D eigenvalue weighted by Gasteiger charge is 2.27. The first kappa shape index (κ1) is 13.9. The van der Waals surface area contributed by atoms with Crippen LogP contribution in [0.5, 0.6) is 0 Å². The number of likely N-dealkylation sites (tertiary alicyclic amines) is 1. The highest BCUT2D eigenvalue weighted by molar-refractivity contribution is 5.73. The SMILES string of the molecule is CC(=O)N1CCC(NC2CC(C)CC(C)C2)CC1. The van der Waals surface area contributed by atoms with Crippen molar-refractivity contribution < 1.29 is 4.79 Å². The summed E-state index contributed by atoms with van der Waals surface area (Å²) < 4.78 is 0. The molecule has 1 saturated heterocycles. The first-order valence-corrected chi connectivity index (χ1v) is 7.56. The lowest BCUT2D eigenvalue weighted by Gasteiger charge is -2.38. The van der Waals surface area contributed by atoms with Gasteiger partial charge in [-0.1, -0.05) is 13.8 Å². The normalized spacial score (nSPS) is 34.6. The molecule has 2 aliphatic rings.